The molecule has 0 aliphatic carbocycles. The minimum absolute atomic E-state index is 0.225. The number of methoxy groups -OCH3 is 1. The quantitative estimate of drug-likeness (QED) is 0.686. The lowest BCUT2D eigenvalue weighted by Crippen LogP contribution is -2.26. The number of anilines is 2. The van der Waals surface area contributed by atoms with Gasteiger partial charge in [0.1, 0.15) is 11.4 Å². The van der Waals surface area contributed by atoms with E-state index < -0.39 is 0 Å². The molecule has 0 spiro atoms. The van der Waals surface area contributed by atoms with Gasteiger partial charge in [-0.05, 0) is 30.2 Å². The van der Waals surface area contributed by atoms with Gasteiger partial charge in [0.15, 0.2) is 0 Å². The van der Waals surface area contributed by atoms with Gasteiger partial charge < -0.3 is 15.4 Å². The van der Waals surface area contributed by atoms with Gasteiger partial charge in [-0.1, -0.05) is 36.4 Å². The number of nitrogens with zero attached hydrogens (tertiary/aromatic N) is 2. The van der Waals surface area contributed by atoms with Gasteiger partial charge in [0, 0.05) is 24.5 Å². The molecule has 0 radical (unpaired) electrons. The average molecular weight is 348 g/mol. The van der Waals surface area contributed by atoms with Crippen molar-refractivity contribution in [1.29, 1.82) is 0 Å². The molecular weight excluding hydrogens is 328 g/mol. The second-order valence-electron chi connectivity index (χ2n) is 5.61. The van der Waals surface area contributed by atoms with E-state index in [0.29, 0.717) is 18.2 Å². The zero-order valence-corrected chi connectivity index (χ0v) is 14.5. The van der Waals surface area contributed by atoms with Gasteiger partial charge in [0.25, 0.3) is 5.91 Å². The molecule has 1 amide bonds. The highest BCUT2D eigenvalue weighted by Crippen LogP contribution is 2.19. The van der Waals surface area contributed by atoms with Crippen molar-refractivity contribution in [3.05, 3.63) is 78.1 Å². The summed E-state index contributed by atoms with van der Waals surface area (Å²) in [5, 5.41) is 5.95. The van der Waals surface area contributed by atoms with Crippen molar-refractivity contribution in [2.24, 2.45) is 0 Å². The molecule has 0 bridgehead atoms. The summed E-state index contributed by atoms with van der Waals surface area (Å²) in [4.78, 5) is 20.7. The fraction of sp³-hybridized carbons (Fsp3) is 0.150. The summed E-state index contributed by atoms with van der Waals surface area (Å²) in [6.07, 6.45) is 2.33. The summed E-state index contributed by atoms with van der Waals surface area (Å²) in [6, 6.07) is 19.0. The van der Waals surface area contributed by atoms with Gasteiger partial charge in [-0.25, -0.2) is 9.97 Å². The van der Waals surface area contributed by atoms with Gasteiger partial charge in [-0.3, -0.25) is 4.79 Å². The van der Waals surface area contributed by atoms with E-state index in [-0.39, 0.29) is 5.91 Å². The molecule has 0 unspecified atom stereocenters. The average Bonchev–Trinajstić information content (AvgIpc) is 2.69. The number of hydrogen-bond acceptors (Lipinski definition) is 5. The highest BCUT2D eigenvalue weighted by atomic mass is 16.5. The number of aromatic nitrogens is 2. The molecule has 1 heterocycles. The maximum Gasteiger partial charge on any atom is 0.270 e. The Morgan fingerprint density at radius 1 is 1.08 bits per heavy atom. The van der Waals surface area contributed by atoms with Crippen LogP contribution in [-0.2, 0) is 6.42 Å². The maximum absolute atomic E-state index is 12.3. The van der Waals surface area contributed by atoms with E-state index >= 15 is 0 Å². The van der Waals surface area contributed by atoms with Crippen LogP contribution in [0, 0.1) is 0 Å². The molecule has 1 aromatic heterocycles. The van der Waals surface area contributed by atoms with Crippen molar-refractivity contribution in [2.45, 2.75) is 6.42 Å². The van der Waals surface area contributed by atoms with Crippen LogP contribution in [0.1, 0.15) is 16.1 Å². The van der Waals surface area contributed by atoms with Crippen molar-refractivity contribution < 1.29 is 9.53 Å². The third kappa shape index (κ3) is 4.80. The van der Waals surface area contributed by atoms with E-state index in [9.17, 15) is 4.79 Å². The van der Waals surface area contributed by atoms with Gasteiger partial charge in [-0.15, -0.1) is 0 Å². The van der Waals surface area contributed by atoms with Crippen LogP contribution in [0.15, 0.2) is 66.9 Å². The van der Waals surface area contributed by atoms with Crippen LogP contribution in [0.2, 0.25) is 0 Å². The summed E-state index contributed by atoms with van der Waals surface area (Å²) in [5.74, 6) is 0.857. The molecule has 0 saturated heterocycles. The van der Waals surface area contributed by atoms with Crippen molar-refractivity contribution in [1.82, 2.24) is 15.3 Å². The van der Waals surface area contributed by atoms with Gasteiger partial charge >= 0.3 is 0 Å². The molecule has 0 saturated carbocycles. The van der Waals surface area contributed by atoms with Crippen molar-refractivity contribution in [3.8, 4) is 5.75 Å². The van der Waals surface area contributed by atoms with Crippen LogP contribution in [0.25, 0.3) is 0 Å². The molecule has 2 aromatic carbocycles. The Morgan fingerprint density at radius 2 is 1.92 bits per heavy atom. The third-order valence-electron chi connectivity index (χ3n) is 3.76. The molecule has 26 heavy (non-hydrogen) atoms. The molecule has 0 atom stereocenters. The van der Waals surface area contributed by atoms with E-state index in [1.807, 2.05) is 54.6 Å². The van der Waals surface area contributed by atoms with Crippen LogP contribution in [0.4, 0.5) is 11.6 Å². The highest BCUT2D eigenvalue weighted by molar-refractivity contribution is 5.92. The highest BCUT2D eigenvalue weighted by Gasteiger charge is 2.09. The second-order valence-corrected chi connectivity index (χ2v) is 5.61. The SMILES string of the molecule is COc1cccc(Nc2nccc(C(=O)NCCc3ccccc3)n2)c1. The first-order valence-electron chi connectivity index (χ1n) is 8.31. The second kappa shape index (κ2) is 8.62. The molecule has 0 fully saturated rings. The lowest BCUT2D eigenvalue weighted by molar-refractivity contribution is 0.0949. The van der Waals surface area contributed by atoms with Crippen LogP contribution < -0.4 is 15.4 Å². The number of hydrogen-bond donors (Lipinski definition) is 2. The maximum atomic E-state index is 12.3. The Morgan fingerprint density at radius 3 is 2.73 bits per heavy atom. The number of nitrogens with one attached hydrogen (secondary N) is 2. The predicted octanol–water partition coefficient (Wildman–Crippen LogP) is 3.20. The smallest absolute Gasteiger partial charge is 0.270 e. The Hall–Kier alpha value is -3.41. The summed E-state index contributed by atoms with van der Waals surface area (Å²) >= 11 is 0. The third-order valence-corrected chi connectivity index (χ3v) is 3.76. The molecule has 132 valence electrons. The number of carbonyl (C=O) groups excluding carboxylic acids is 1. The number of benzene rings is 2. The molecule has 2 N–H and O–H groups in total. The van der Waals surface area contributed by atoms with Gasteiger partial charge in [0.05, 0.1) is 7.11 Å². The lowest BCUT2D eigenvalue weighted by atomic mass is 10.1. The van der Waals surface area contributed by atoms with Crippen LogP contribution in [-0.4, -0.2) is 29.5 Å². The summed E-state index contributed by atoms with van der Waals surface area (Å²) in [7, 11) is 1.61. The Labute approximate surface area is 152 Å². The Balaban J connectivity index is 1.60. The molecule has 0 aliphatic heterocycles. The first kappa shape index (κ1) is 17.4. The van der Waals surface area contributed by atoms with Crippen molar-refractivity contribution >= 4 is 17.5 Å². The fourth-order valence-corrected chi connectivity index (χ4v) is 2.43. The summed E-state index contributed by atoms with van der Waals surface area (Å²) < 4.78 is 5.19. The minimum Gasteiger partial charge on any atom is -0.497 e. The zero-order chi connectivity index (χ0) is 18.2. The van der Waals surface area contributed by atoms with E-state index in [1.165, 1.54) is 5.56 Å². The number of amides is 1. The summed E-state index contributed by atoms with van der Waals surface area (Å²) in [5.41, 5.74) is 2.28. The first-order valence-corrected chi connectivity index (χ1v) is 8.31. The molecule has 6 nitrogen and oxygen atoms in total. The normalized spacial score (nSPS) is 10.2. The van der Waals surface area contributed by atoms with E-state index in [4.69, 9.17) is 4.74 Å². The molecular formula is C20H20N4O2. The van der Waals surface area contributed by atoms with Crippen LogP contribution >= 0.6 is 0 Å². The topological polar surface area (TPSA) is 76.1 Å². The Bertz CT molecular complexity index is 868. The number of rotatable bonds is 7. The predicted molar refractivity (Wildman–Crippen MR) is 101 cm³/mol. The lowest BCUT2D eigenvalue weighted by Gasteiger charge is -2.08. The Kier molecular flexibility index (Phi) is 5.77. The van der Waals surface area contributed by atoms with Crippen LogP contribution in [0.5, 0.6) is 5.75 Å². The molecule has 0 aliphatic rings. The monoisotopic (exact) mass is 348 g/mol. The van der Waals surface area contributed by atoms with E-state index in [0.717, 1.165) is 17.9 Å². The van der Waals surface area contributed by atoms with E-state index in [1.54, 1.807) is 19.4 Å². The fourth-order valence-electron chi connectivity index (χ4n) is 2.43. The van der Waals surface area contributed by atoms with Crippen molar-refractivity contribution in [3.63, 3.8) is 0 Å². The van der Waals surface area contributed by atoms with E-state index in [2.05, 4.69) is 20.6 Å². The number of carbonyl (C=O) groups is 1. The largest absolute Gasteiger partial charge is 0.497 e. The van der Waals surface area contributed by atoms with Crippen LogP contribution in [0.3, 0.4) is 0 Å². The van der Waals surface area contributed by atoms with Gasteiger partial charge in [0.2, 0.25) is 5.95 Å². The van der Waals surface area contributed by atoms with Gasteiger partial charge in [-0.2, -0.15) is 0 Å². The molecule has 3 rings (SSSR count). The minimum atomic E-state index is -0.225. The zero-order valence-electron chi connectivity index (χ0n) is 14.5. The molecule has 6 heteroatoms. The number of ether oxygens (including phenoxy) is 1. The first-order chi connectivity index (χ1) is 12.7. The van der Waals surface area contributed by atoms with Crippen molar-refractivity contribution in [2.75, 3.05) is 19.0 Å². The summed E-state index contributed by atoms with van der Waals surface area (Å²) in [6.45, 7) is 0.547. The standard InChI is InChI=1S/C20H20N4O2/c1-26-17-9-5-8-16(14-17)23-20-22-13-11-18(24-20)19(25)21-12-10-15-6-3-2-4-7-15/h2-9,11,13-14H,10,12H2,1H3,(H,21,25)(H,22,23,24). The molecule has 3 aromatic rings.